The lowest BCUT2D eigenvalue weighted by Crippen LogP contribution is -2.09. The van der Waals surface area contributed by atoms with Crippen LogP contribution in [0.4, 0.5) is 11.5 Å². The number of nitrogens with one attached hydrogen (secondary N) is 1. The summed E-state index contributed by atoms with van der Waals surface area (Å²) in [5.41, 5.74) is 6.24. The van der Waals surface area contributed by atoms with Crippen LogP contribution in [0.2, 0.25) is 0 Å². The summed E-state index contributed by atoms with van der Waals surface area (Å²) in [6.07, 6.45) is 3.32. The van der Waals surface area contributed by atoms with Gasteiger partial charge in [-0.3, -0.25) is 0 Å². The van der Waals surface area contributed by atoms with E-state index in [-0.39, 0.29) is 0 Å². The Kier molecular flexibility index (Phi) is 3.58. The number of aryl methyl sites for hydroxylation is 1. The van der Waals surface area contributed by atoms with Crippen molar-refractivity contribution in [1.82, 2.24) is 19.7 Å². The molecule has 2 aromatic heterocycles. The Bertz CT molecular complexity index is 509. The van der Waals surface area contributed by atoms with Crippen LogP contribution < -0.4 is 11.1 Å². The van der Waals surface area contributed by atoms with Gasteiger partial charge in [-0.15, -0.1) is 10.2 Å². The quantitative estimate of drug-likeness (QED) is 0.896. The second kappa shape index (κ2) is 5.13. The van der Waals surface area contributed by atoms with Crippen molar-refractivity contribution in [2.45, 2.75) is 20.0 Å². The number of nitrogen functional groups attached to an aromatic ring is 1. The molecule has 2 heterocycles. The van der Waals surface area contributed by atoms with Gasteiger partial charge in [0.05, 0.1) is 22.9 Å². The topological polar surface area (TPSA) is 81.7 Å². The van der Waals surface area contributed by atoms with E-state index in [2.05, 4.69) is 36.4 Å². The fourth-order valence-electron chi connectivity index (χ4n) is 1.43. The van der Waals surface area contributed by atoms with Gasteiger partial charge in [-0.1, -0.05) is 0 Å². The van der Waals surface area contributed by atoms with Crippen molar-refractivity contribution in [3.8, 4) is 0 Å². The lowest BCUT2D eigenvalue weighted by Gasteiger charge is -2.08. The van der Waals surface area contributed by atoms with Crippen LogP contribution >= 0.6 is 15.9 Å². The van der Waals surface area contributed by atoms with Gasteiger partial charge in [-0.2, -0.15) is 0 Å². The normalized spacial score (nSPS) is 10.5. The molecule has 0 atom stereocenters. The van der Waals surface area contributed by atoms with Crippen LogP contribution in [0, 0.1) is 0 Å². The third-order valence-electron chi connectivity index (χ3n) is 2.31. The van der Waals surface area contributed by atoms with Crippen molar-refractivity contribution in [3.63, 3.8) is 0 Å². The molecule has 0 aromatic carbocycles. The minimum atomic E-state index is 0.573. The van der Waals surface area contributed by atoms with E-state index in [4.69, 9.17) is 5.73 Å². The number of halogens is 1. The Hall–Kier alpha value is -1.63. The number of hydrogen-bond donors (Lipinski definition) is 2. The summed E-state index contributed by atoms with van der Waals surface area (Å²) >= 11 is 3.40. The lowest BCUT2D eigenvalue weighted by molar-refractivity contribution is 0.707. The van der Waals surface area contributed by atoms with Crippen LogP contribution in [-0.2, 0) is 13.1 Å². The number of nitrogens with zero attached hydrogens (tertiary/aromatic N) is 4. The molecule has 7 heteroatoms. The number of aromatic nitrogens is 4. The van der Waals surface area contributed by atoms with Gasteiger partial charge in [0, 0.05) is 6.54 Å². The van der Waals surface area contributed by atoms with Crippen molar-refractivity contribution in [3.05, 3.63) is 28.9 Å². The van der Waals surface area contributed by atoms with Gasteiger partial charge in [0.1, 0.15) is 12.1 Å². The summed E-state index contributed by atoms with van der Waals surface area (Å²) in [5, 5.41) is 11.1. The largest absolute Gasteiger partial charge is 0.397 e. The molecule has 0 saturated heterocycles. The summed E-state index contributed by atoms with van der Waals surface area (Å²) in [5.74, 6) is 1.61. The molecule has 17 heavy (non-hydrogen) atoms. The Morgan fingerprint density at radius 2 is 2.35 bits per heavy atom. The zero-order chi connectivity index (χ0) is 12.3. The van der Waals surface area contributed by atoms with E-state index >= 15 is 0 Å². The molecule has 0 spiro atoms. The van der Waals surface area contributed by atoms with E-state index in [1.165, 1.54) is 0 Å². The number of nitrogens with two attached hydrogens (primary N) is 1. The summed E-state index contributed by atoms with van der Waals surface area (Å²) in [6, 6.07) is 1.81. The highest BCUT2D eigenvalue weighted by Crippen LogP contribution is 2.21. The molecule has 0 amide bonds. The number of rotatable bonds is 4. The average molecular weight is 297 g/mol. The number of pyridine rings is 1. The molecule has 6 nitrogen and oxygen atoms in total. The average Bonchev–Trinajstić information content (AvgIpc) is 2.75. The van der Waals surface area contributed by atoms with Crippen LogP contribution in [0.1, 0.15) is 12.7 Å². The lowest BCUT2D eigenvalue weighted by atomic mass is 10.4. The monoisotopic (exact) mass is 296 g/mol. The first-order valence-electron chi connectivity index (χ1n) is 5.22. The Labute approximate surface area is 107 Å². The summed E-state index contributed by atoms with van der Waals surface area (Å²) < 4.78 is 2.80. The number of anilines is 2. The van der Waals surface area contributed by atoms with E-state index < -0.39 is 0 Å². The maximum absolute atomic E-state index is 5.62. The van der Waals surface area contributed by atoms with Gasteiger partial charge in [-0.05, 0) is 28.9 Å². The summed E-state index contributed by atoms with van der Waals surface area (Å²) in [4.78, 5) is 4.19. The molecular weight excluding hydrogens is 284 g/mol. The predicted octanol–water partition coefficient (Wildman–Crippen LogP) is 1.65. The van der Waals surface area contributed by atoms with Gasteiger partial charge in [0.25, 0.3) is 0 Å². The van der Waals surface area contributed by atoms with Crippen molar-refractivity contribution >= 4 is 27.4 Å². The third-order valence-corrected chi connectivity index (χ3v) is 2.92. The fourth-order valence-corrected chi connectivity index (χ4v) is 1.93. The molecule has 90 valence electrons. The van der Waals surface area contributed by atoms with Gasteiger partial charge >= 0.3 is 0 Å². The SMILES string of the molecule is CCn1cnnc1CNc1ncc(N)cc1Br. The van der Waals surface area contributed by atoms with E-state index in [9.17, 15) is 0 Å². The van der Waals surface area contributed by atoms with Gasteiger partial charge in [0.2, 0.25) is 0 Å². The minimum absolute atomic E-state index is 0.573. The molecule has 0 aliphatic carbocycles. The molecule has 0 saturated carbocycles. The highest BCUT2D eigenvalue weighted by Gasteiger charge is 2.05. The third kappa shape index (κ3) is 2.73. The molecule has 0 aliphatic heterocycles. The zero-order valence-corrected chi connectivity index (χ0v) is 11.0. The van der Waals surface area contributed by atoms with E-state index in [1.807, 2.05) is 11.5 Å². The van der Waals surface area contributed by atoms with Gasteiger partial charge in [-0.25, -0.2) is 4.98 Å². The van der Waals surface area contributed by atoms with Crippen molar-refractivity contribution in [2.75, 3.05) is 11.1 Å². The molecular formula is C10H13BrN6. The molecule has 0 aliphatic rings. The Balaban J connectivity index is 2.07. The fraction of sp³-hybridized carbons (Fsp3) is 0.300. The molecule has 0 bridgehead atoms. The first-order valence-corrected chi connectivity index (χ1v) is 6.01. The first-order chi connectivity index (χ1) is 8.20. The molecule has 0 radical (unpaired) electrons. The number of hydrogen-bond acceptors (Lipinski definition) is 5. The van der Waals surface area contributed by atoms with E-state index in [0.717, 1.165) is 22.7 Å². The van der Waals surface area contributed by atoms with Gasteiger partial charge < -0.3 is 15.6 Å². The Morgan fingerprint density at radius 3 is 3.06 bits per heavy atom. The van der Waals surface area contributed by atoms with Crippen LogP contribution in [0.3, 0.4) is 0 Å². The van der Waals surface area contributed by atoms with Crippen LogP contribution in [0.5, 0.6) is 0 Å². The second-order valence-corrected chi connectivity index (χ2v) is 4.34. The summed E-state index contributed by atoms with van der Waals surface area (Å²) in [7, 11) is 0. The standard InChI is InChI=1S/C10H13BrN6/c1-2-17-6-15-16-9(17)5-14-10-8(11)3-7(12)4-13-10/h3-4,6H,2,5,12H2,1H3,(H,13,14). The smallest absolute Gasteiger partial charge is 0.152 e. The first kappa shape index (κ1) is 11.8. The highest BCUT2D eigenvalue weighted by atomic mass is 79.9. The van der Waals surface area contributed by atoms with Crippen LogP contribution in [0.15, 0.2) is 23.1 Å². The molecule has 0 unspecified atom stereocenters. The predicted molar refractivity (Wildman–Crippen MR) is 69.4 cm³/mol. The zero-order valence-electron chi connectivity index (χ0n) is 9.39. The molecule has 2 rings (SSSR count). The molecule has 2 aromatic rings. The van der Waals surface area contributed by atoms with Gasteiger partial charge in [0.15, 0.2) is 5.82 Å². The highest BCUT2D eigenvalue weighted by molar-refractivity contribution is 9.10. The van der Waals surface area contributed by atoms with Crippen LogP contribution in [-0.4, -0.2) is 19.7 Å². The minimum Gasteiger partial charge on any atom is -0.397 e. The van der Waals surface area contributed by atoms with Crippen molar-refractivity contribution in [2.24, 2.45) is 0 Å². The second-order valence-electron chi connectivity index (χ2n) is 3.49. The van der Waals surface area contributed by atoms with Crippen LogP contribution in [0.25, 0.3) is 0 Å². The van der Waals surface area contributed by atoms with E-state index in [0.29, 0.717) is 12.2 Å². The Morgan fingerprint density at radius 1 is 1.53 bits per heavy atom. The summed E-state index contributed by atoms with van der Waals surface area (Å²) in [6.45, 7) is 3.47. The maximum atomic E-state index is 5.62. The van der Waals surface area contributed by atoms with Crippen molar-refractivity contribution < 1.29 is 0 Å². The molecule has 0 fully saturated rings. The maximum Gasteiger partial charge on any atom is 0.152 e. The molecule has 3 N–H and O–H groups in total. The van der Waals surface area contributed by atoms with Crippen molar-refractivity contribution in [1.29, 1.82) is 0 Å². The van der Waals surface area contributed by atoms with E-state index in [1.54, 1.807) is 18.6 Å².